The van der Waals surface area contributed by atoms with Crippen molar-refractivity contribution in [1.29, 1.82) is 0 Å². The van der Waals surface area contributed by atoms with Crippen LogP contribution >= 0.6 is 0 Å². The number of aliphatic hydroxyl groups is 5. The lowest BCUT2D eigenvalue weighted by atomic mass is 9.47. The molecule has 0 unspecified atom stereocenters. The second-order valence-electron chi connectivity index (χ2n) is 16.8. The van der Waals surface area contributed by atoms with Gasteiger partial charge in [0.25, 0.3) is 0 Å². The molecule has 8 nitrogen and oxygen atoms in total. The first-order valence-corrected chi connectivity index (χ1v) is 18.3. The van der Waals surface area contributed by atoms with Gasteiger partial charge in [0.05, 0.1) is 19.3 Å². The number of fused-ring (bicyclic) bond motifs is 5. The molecule has 5 rings (SSSR count). The first-order chi connectivity index (χ1) is 21.3. The van der Waals surface area contributed by atoms with Crippen LogP contribution in [0.15, 0.2) is 11.6 Å². The molecule has 1 aliphatic heterocycles. The highest BCUT2D eigenvalue weighted by atomic mass is 16.7. The van der Waals surface area contributed by atoms with Crippen LogP contribution in [0, 0.1) is 46.3 Å². The molecule has 0 bridgehead atoms. The molecule has 0 spiro atoms. The zero-order valence-corrected chi connectivity index (χ0v) is 29.0. The molecule has 14 atom stereocenters. The van der Waals surface area contributed by atoms with Gasteiger partial charge in [-0.05, 0) is 97.7 Å². The van der Waals surface area contributed by atoms with Crippen LogP contribution in [0.3, 0.4) is 0 Å². The van der Waals surface area contributed by atoms with Crippen LogP contribution in [-0.2, 0) is 9.47 Å². The second-order valence-corrected chi connectivity index (χ2v) is 16.8. The summed E-state index contributed by atoms with van der Waals surface area (Å²) in [5.41, 5.74) is 2.34. The number of nitrogens with one attached hydrogen (secondary N) is 1. The number of allylic oxidation sites excluding steroid dienone is 1. The van der Waals surface area contributed by atoms with Crippen LogP contribution in [0.1, 0.15) is 112 Å². The summed E-state index contributed by atoms with van der Waals surface area (Å²) in [4.78, 5) is 0. The summed E-state index contributed by atoms with van der Waals surface area (Å²) in [6.45, 7) is 12.1. The Bertz CT molecular complexity index is 1020. The molecule has 45 heavy (non-hydrogen) atoms. The maximum absolute atomic E-state index is 10.6. The van der Waals surface area contributed by atoms with Crippen molar-refractivity contribution >= 4 is 0 Å². The zero-order valence-electron chi connectivity index (χ0n) is 29.0. The minimum Gasteiger partial charge on any atom is -0.394 e. The monoisotopic (exact) mass is 635 g/mol. The fourth-order valence-electron chi connectivity index (χ4n) is 11.1. The van der Waals surface area contributed by atoms with Crippen LogP contribution in [0.5, 0.6) is 0 Å². The molecular weight excluding hydrogens is 570 g/mol. The van der Waals surface area contributed by atoms with E-state index >= 15 is 0 Å². The van der Waals surface area contributed by atoms with Gasteiger partial charge in [0.1, 0.15) is 24.4 Å². The van der Waals surface area contributed by atoms with Gasteiger partial charge < -0.3 is 40.3 Å². The quantitative estimate of drug-likeness (QED) is 0.172. The summed E-state index contributed by atoms with van der Waals surface area (Å²) < 4.78 is 11.8. The fourth-order valence-corrected chi connectivity index (χ4v) is 11.1. The Kier molecular flexibility index (Phi) is 11.2. The highest BCUT2D eigenvalue weighted by molar-refractivity contribution is 5.26. The summed E-state index contributed by atoms with van der Waals surface area (Å²) in [7, 11) is 1.50. The minimum absolute atomic E-state index is 0.0322. The smallest absolute Gasteiger partial charge is 0.183 e. The molecule has 8 heteroatoms. The van der Waals surface area contributed by atoms with Crippen molar-refractivity contribution in [2.75, 3.05) is 20.3 Å². The lowest BCUT2D eigenvalue weighted by molar-refractivity contribution is -0.327. The molecule has 1 heterocycles. The topological polar surface area (TPSA) is 132 Å². The van der Waals surface area contributed by atoms with Gasteiger partial charge in [0, 0.05) is 19.6 Å². The van der Waals surface area contributed by atoms with E-state index in [2.05, 4.69) is 46.0 Å². The summed E-state index contributed by atoms with van der Waals surface area (Å²) in [6.07, 6.45) is 9.74. The molecule has 0 aromatic carbocycles. The van der Waals surface area contributed by atoms with E-state index < -0.39 is 42.9 Å². The van der Waals surface area contributed by atoms with Gasteiger partial charge in [-0.25, -0.2) is 0 Å². The average molecular weight is 636 g/mol. The summed E-state index contributed by atoms with van der Waals surface area (Å²) >= 11 is 0. The van der Waals surface area contributed by atoms with Crippen molar-refractivity contribution in [1.82, 2.24) is 5.32 Å². The number of methoxy groups -OCH3 is 1. The Morgan fingerprint density at radius 3 is 2.47 bits per heavy atom. The van der Waals surface area contributed by atoms with Crippen molar-refractivity contribution in [2.45, 2.75) is 154 Å². The van der Waals surface area contributed by atoms with Gasteiger partial charge in [0.15, 0.2) is 5.79 Å². The van der Waals surface area contributed by atoms with Crippen molar-refractivity contribution in [2.24, 2.45) is 46.3 Å². The third kappa shape index (κ3) is 6.83. The molecule has 0 aromatic heterocycles. The Morgan fingerprint density at radius 2 is 1.78 bits per heavy atom. The summed E-state index contributed by atoms with van der Waals surface area (Å²) in [6, 6.07) is 0.239. The van der Waals surface area contributed by atoms with E-state index in [9.17, 15) is 25.5 Å². The highest BCUT2D eigenvalue weighted by Gasteiger charge is 2.59. The van der Waals surface area contributed by atoms with E-state index in [1.165, 1.54) is 58.5 Å². The number of ether oxygens (including phenoxy) is 2. The number of aliphatic hydroxyl groups excluding tert-OH is 5. The van der Waals surface area contributed by atoms with E-state index in [0.717, 1.165) is 54.8 Å². The molecule has 0 radical (unpaired) electrons. The van der Waals surface area contributed by atoms with E-state index in [1.807, 2.05) is 0 Å². The molecule has 5 aliphatic rings. The standard InChI is InChI=1S/C37H65NO7/c1-22(2)8-7-9-23(3)27-12-13-28-26-11-10-24-18-25(14-16-35(24,4)29(26)15-17-36(27,28)5)38-21-37(44-6)19-30(40)32(42)34(45-37)33(43)31(41)20-39/h10,22-23,25-34,38-43H,7-9,11-21H2,1-6H3/t23-,25-,26+,27-,28+,29+,30+,31+,32-,33-,34-,35+,36-,37-/m1/s1. The van der Waals surface area contributed by atoms with E-state index in [1.54, 1.807) is 5.57 Å². The number of hydrogen-bond acceptors (Lipinski definition) is 8. The largest absolute Gasteiger partial charge is 0.394 e. The summed E-state index contributed by atoms with van der Waals surface area (Å²) in [5.74, 6) is 3.63. The maximum Gasteiger partial charge on any atom is 0.183 e. The predicted molar refractivity (Wildman–Crippen MR) is 175 cm³/mol. The van der Waals surface area contributed by atoms with Crippen molar-refractivity contribution in [3.63, 3.8) is 0 Å². The number of hydrogen-bond donors (Lipinski definition) is 6. The van der Waals surface area contributed by atoms with Crippen molar-refractivity contribution < 1.29 is 35.0 Å². The molecule has 3 saturated carbocycles. The SMILES string of the molecule is CO[C@]1(CN[C@@H]2CC[C@@]3(C)C(=CC[C@H]4[C@@H]5CC[C@H]([C@H](C)CCCC(C)C)[C@@]5(C)CC[C@@H]43)C2)C[C@H](O)[C@@H](O)[C@H]([C@H](O)[C@@H](O)CO)O1. The van der Waals surface area contributed by atoms with Gasteiger partial charge in [0.2, 0.25) is 0 Å². The average Bonchev–Trinajstić information content (AvgIpc) is 3.38. The minimum atomic E-state index is -1.56. The molecule has 6 N–H and O–H groups in total. The van der Waals surface area contributed by atoms with Crippen molar-refractivity contribution in [3.05, 3.63) is 11.6 Å². The van der Waals surface area contributed by atoms with Gasteiger partial charge >= 0.3 is 0 Å². The van der Waals surface area contributed by atoms with Crippen LogP contribution < -0.4 is 5.32 Å². The summed E-state index contributed by atoms with van der Waals surface area (Å²) in [5, 5.41) is 54.6. The number of rotatable bonds is 12. The van der Waals surface area contributed by atoms with Crippen LogP contribution in [0.25, 0.3) is 0 Å². The molecular formula is C37H65NO7. The van der Waals surface area contributed by atoms with Crippen LogP contribution in [-0.4, -0.2) is 88.1 Å². The normalized spacial score (nSPS) is 45.3. The maximum atomic E-state index is 10.6. The Labute approximate surface area is 272 Å². The lowest BCUT2D eigenvalue weighted by Gasteiger charge is -2.58. The van der Waals surface area contributed by atoms with E-state index in [4.69, 9.17) is 9.47 Å². The Hall–Kier alpha value is -0.580. The molecule has 0 aromatic rings. The molecule has 0 amide bonds. The third-order valence-electron chi connectivity index (χ3n) is 13.9. The first-order valence-electron chi connectivity index (χ1n) is 18.3. The Morgan fingerprint density at radius 1 is 1.02 bits per heavy atom. The van der Waals surface area contributed by atoms with E-state index in [-0.39, 0.29) is 24.4 Å². The van der Waals surface area contributed by atoms with Crippen LogP contribution in [0.4, 0.5) is 0 Å². The highest BCUT2D eigenvalue weighted by Crippen LogP contribution is 2.67. The predicted octanol–water partition coefficient (Wildman–Crippen LogP) is 4.55. The molecule has 4 aliphatic carbocycles. The molecule has 260 valence electrons. The first kappa shape index (κ1) is 35.7. The van der Waals surface area contributed by atoms with E-state index in [0.29, 0.717) is 5.41 Å². The molecule has 1 saturated heterocycles. The van der Waals surface area contributed by atoms with Crippen molar-refractivity contribution in [3.8, 4) is 0 Å². The third-order valence-corrected chi connectivity index (χ3v) is 13.9. The zero-order chi connectivity index (χ0) is 32.7. The lowest BCUT2D eigenvalue weighted by Crippen LogP contribution is -2.64. The fraction of sp³-hybridized carbons (Fsp3) is 0.946. The van der Waals surface area contributed by atoms with Gasteiger partial charge in [-0.1, -0.05) is 65.5 Å². The van der Waals surface area contributed by atoms with Gasteiger partial charge in [-0.15, -0.1) is 0 Å². The van der Waals surface area contributed by atoms with Gasteiger partial charge in [-0.2, -0.15) is 0 Å². The Balaban J connectivity index is 1.22. The second kappa shape index (κ2) is 14.1. The van der Waals surface area contributed by atoms with Gasteiger partial charge in [-0.3, -0.25) is 0 Å². The molecule has 4 fully saturated rings. The van der Waals surface area contributed by atoms with Crippen LogP contribution in [0.2, 0.25) is 0 Å².